The summed E-state index contributed by atoms with van der Waals surface area (Å²) < 4.78 is 0.654. The summed E-state index contributed by atoms with van der Waals surface area (Å²) in [6.45, 7) is 1.58. The molecule has 0 aliphatic heterocycles. The van der Waals surface area contributed by atoms with Crippen LogP contribution >= 0.6 is 22.6 Å². The molecule has 1 rings (SSSR count). The third-order valence-corrected chi connectivity index (χ3v) is 3.31. The number of alkyl halides is 1. The Kier molecular flexibility index (Phi) is 2.95. The van der Waals surface area contributed by atoms with Crippen LogP contribution in [0.15, 0.2) is 0 Å². The Labute approximate surface area is 74.9 Å². The van der Waals surface area contributed by atoms with E-state index in [2.05, 4.69) is 27.9 Å². The molecule has 1 amide bonds. The minimum atomic E-state index is 0.105. The third kappa shape index (κ3) is 2.11. The Hall–Kier alpha value is 0.200. The van der Waals surface area contributed by atoms with E-state index in [9.17, 15) is 4.79 Å². The van der Waals surface area contributed by atoms with Crippen molar-refractivity contribution >= 4 is 28.5 Å². The Balaban J connectivity index is 2.33. The Morgan fingerprint density at radius 2 is 2.30 bits per heavy atom. The largest absolute Gasteiger partial charge is 0.353 e. The highest BCUT2D eigenvalue weighted by Crippen LogP contribution is 2.25. The second-order valence-electron chi connectivity index (χ2n) is 2.75. The van der Waals surface area contributed by atoms with Gasteiger partial charge in [0.2, 0.25) is 5.91 Å². The second kappa shape index (κ2) is 3.55. The average Bonchev–Trinajstić information content (AvgIpc) is 2.15. The maximum Gasteiger partial charge on any atom is 0.217 e. The van der Waals surface area contributed by atoms with E-state index in [-0.39, 0.29) is 5.91 Å². The normalized spacial score (nSPS) is 32.2. The van der Waals surface area contributed by atoms with Gasteiger partial charge in [0.1, 0.15) is 0 Å². The number of carbonyl (C=O) groups is 1. The summed E-state index contributed by atoms with van der Waals surface area (Å²) in [4.78, 5) is 10.6. The van der Waals surface area contributed by atoms with Crippen molar-refractivity contribution in [2.24, 2.45) is 0 Å². The van der Waals surface area contributed by atoms with Crippen molar-refractivity contribution in [1.82, 2.24) is 5.32 Å². The van der Waals surface area contributed by atoms with Gasteiger partial charge in [0.15, 0.2) is 0 Å². The van der Waals surface area contributed by atoms with Crippen molar-refractivity contribution in [2.75, 3.05) is 0 Å². The lowest BCUT2D eigenvalue weighted by atomic mass is 10.2. The molecule has 2 atom stereocenters. The highest BCUT2D eigenvalue weighted by molar-refractivity contribution is 14.1. The summed E-state index contributed by atoms with van der Waals surface area (Å²) in [5, 5.41) is 2.95. The fourth-order valence-electron chi connectivity index (χ4n) is 1.34. The molecule has 0 spiro atoms. The van der Waals surface area contributed by atoms with Crippen molar-refractivity contribution in [1.29, 1.82) is 0 Å². The summed E-state index contributed by atoms with van der Waals surface area (Å²) in [6, 6.07) is 0.443. The fraction of sp³-hybridized carbons (Fsp3) is 0.857. The van der Waals surface area contributed by atoms with E-state index in [0.29, 0.717) is 9.97 Å². The van der Waals surface area contributed by atoms with E-state index >= 15 is 0 Å². The van der Waals surface area contributed by atoms with Crippen LogP contribution in [0.1, 0.15) is 26.2 Å². The number of hydrogen-bond donors (Lipinski definition) is 1. The molecule has 58 valence electrons. The van der Waals surface area contributed by atoms with Gasteiger partial charge >= 0.3 is 0 Å². The predicted molar refractivity (Wildman–Crippen MR) is 49.3 cm³/mol. The summed E-state index contributed by atoms with van der Waals surface area (Å²) in [5.74, 6) is 0.105. The highest BCUT2D eigenvalue weighted by atomic mass is 127. The van der Waals surface area contributed by atoms with Gasteiger partial charge in [0.05, 0.1) is 0 Å². The molecule has 0 saturated heterocycles. The molecule has 0 aromatic heterocycles. The molecule has 0 radical (unpaired) electrons. The second-order valence-corrected chi connectivity index (χ2v) is 4.35. The van der Waals surface area contributed by atoms with Gasteiger partial charge in [0, 0.05) is 16.9 Å². The van der Waals surface area contributed by atoms with Gasteiger partial charge in [-0.05, 0) is 12.8 Å². The zero-order chi connectivity index (χ0) is 7.56. The van der Waals surface area contributed by atoms with Crippen LogP contribution < -0.4 is 5.32 Å². The summed E-state index contributed by atoms with van der Waals surface area (Å²) in [5.41, 5.74) is 0. The van der Waals surface area contributed by atoms with Crippen molar-refractivity contribution in [3.63, 3.8) is 0 Å². The maximum absolute atomic E-state index is 10.6. The van der Waals surface area contributed by atoms with Crippen LogP contribution in [0.4, 0.5) is 0 Å². The van der Waals surface area contributed by atoms with E-state index in [4.69, 9.17) is 0 Å². The van der Waals surface area contributed by atoms with Crippen LogP contribution in [-0.2, 0) is 4.79 Å². The Morgan fingerprint density at radius 1 is 1.60 bits per heavy atom. The van der Waals surface area contributed by atoms with Crippen LogP contribution in [0.5, 0.6) is 0 Å². The maximum atomic E-state index is 10.6. The standard InChI is InChI=1S/C7H12INO/c1-5(10)9-7-4-2-3-6(7)8/h6-7H,2-4H2,1H3,(H,9,10)/t6-,7-/m1/s1. The fourth-order valence-corrected chi connectivity index (χ4v) is 2.32. The highest BCUT2D eigenvalue weighted by Gasteiger charge is 2.24. The van der Waals surface area contributed by atoms with E-state index in [0.717, 1.165) is 6.42 Å². The van der Waals surface area contributed by atoms with Gasteiger partial charge in [-0.2, -0.15) is 0 Å². The zero-order valence-electron chi connectivity index (χ0n) is 6.06. The van der Waals surface area contributed by atoms with Crippen LogP contribution in [0.2, 0.25) is 0 Å². The van der Waals surface area contributed by atoms with Gasteiger partial charge in [-0.1, -0.05) is 29.0 Å². The molecule has 1 aliphatic rings. The average molecular weight is 253 g/mol. The Morgan fingerprint density at radius 3 is 2.70 bits per heavy atom. The van der Waals surface area contributed by atoms with E-state index < -0.39 is 0 Å². The monoisotopic (exact) mass is 253 g/mol. The van der Waals surface area contributed by atoms with Crippen molar-refractivity contribution in [3.05, 3.63) is 0 Å². The minimum Gasteiger partial charge on any atom is -0.353 e. The molecule has 0 aromatic rings. The first-order valence-corrected chi connectivity index (χ1v) is 4.86. The molecule has 0 aromatic carbocycles. The molecule has 1 N–H and O–H groups in total. The molecular formula is C7H12INO. The third-order valence-electron chi connectivity index (χ3n) is 1.82. The number of carbonyl (C=O) groups excluding carboxylic acids is 1. The van der Waals surface area contributed by atoms with Crippen molar-refractivity contribution in [2.45, 2.75) is 36.2 Å². The summed E-state index contributed by atoms with van der Waals surface area (Å²) in [7, 11) is 0. The first kappa shape index (κ1) is 8.30. The smallest absolute Gasteiger partial charge is 0.217 e. The molecule has 3 heteroatoms. The molecule has 0 heterocycles. The lowest BCUT2D eigenvalue weighted by Crippen LogP contribution is -2.35. The topological polar surface area (TPSA) is 29.1 Å². The quantitative estimate of drug-likeness (QED) is 0.556. The first-order valence-electron chi connectivity index (χ1n) is 3.61. The molecule has 1 fully saturated rings. The first-order chi connectivity index (χ1) is 4.70. The van der Waals surface area contributed by atoms with Crippen LogP contribution in [0.25, 0.3) is 0 Å². The SMILES string of the molecule is CC(=O)N[C@@H]1CCC[C@H]1I. The lowest BCUT2D eigenvalue weighted by molar-refractivity contribution is -0.119. The zero-order valence-corrected chi connectivity index (χ0v) is 8.22. The van der Waals surface area contributed by atoms with E-state index in [1.165, 1.54) is 12.8 Å². The summed E-state index contributed by atoms with van der Waals surface area (Å²) >= 11 is 2.41. The molecule has 0 unspecified atom stereocenters. The lowest BCUT2D eigenvalue weighted by Gasteiger charge is -2.13. The molecule has 1 saturated carbocycles. The van der Waals surface area contributed by atoms with Crippen LogP contribution in [0.3, 0.4) is 0 Å². The minimum absolute atomic E-state index is 0.105. The van der Waals surface area contributed by atoms with Crippen LogP contribution in [0, 0.1) is 0 Å². The number of rotatable bonds is 1. The van der Waals surface area contributed by atoms with Gasteiger partial charge in [-0.25, -0.2) is 0 Å². The number of amides is 1. The molecular weight excluding hydrogens is 241 g/mol. The number of nitrogens with one attached hydrogen (secondary N) is 1. The van der Waals surface area contributed by atoms with Crippen molar-refractivity contribution < 1.29 is 4.79 Å². The van der Waals surface area contributed by atoms with E-state index in [1.54, 1.807) is 6.92 Å². The Bertz CT molecular complexity index is 138. The number of hydrogen-bond acceptors (Lipinski definition) is 1. The molecule has 0 bridgehead atoms. The van der Waals surface area contributed by atoms with Crippen LogP contribution in [-0.4, -0.2) is 15.9 Å². The van der Waals surface area contributed by atoms with Gasteiger partial charge < -0.3 is 5.32 Å². The van der Waals surface area contributed by atoms with E-state index in [1.807, 2.05) is 0 Å². The molecule has 10 heavy (non-hydrogen) atoms. The molecule has 1 aliphatic carbocycles. The van der Waals surface area contributed by atoms with Gasteiger partial charge in [-0.3, -0.25) is 4.79 Å². The summed E-state index contributed by atoms with van der Waals surface area (Å²) in [6.07, 6.45) is 3.68. The van der Waals surface area contributed by atoms with Gasteiger partial charge in [-0.15, -0.1) is 0 Å². The van der Waals surface area contributed by atoms with Crippen molar-refractivity contribution in [3.8, 4) is 0 Å². The molecule has 2 nitrogen and oxygen atoms in total. The predicted octanol–water partition coefficient (Wildman–Crippen LogP) is 1.48. The number of halogens is 1. The van der Waals surface area contributed by atoms with Gasteiger partial charge in [0.25, 0.3) is 0 Å².